The lowest BCUT2D eigenvalue weighted by atomic mass is 9.78. The molecule has 15 heavy (non-hydrogen) atoms. The monoisotopic (exact) mass is 206 g/mol. The summed E-state index contributed by atoms with van der Waals surface area (Å²) in [6.07, 6.45) is 3.36. The van der Waals surface area contributed by atoms with Crippen molar-refractivity contribution in [1.29, 1.82) is 0 Å². The Hall–Kier alpha value is -1.58. The van der Waals surface area contributed by atoms with Gasteiger partial charge in [0, 0.05) is 11.6 Å². The van der Waals surface area contributed by atoms with Gasteiger partial charge in [-0.05, 0) is 32.3 Å². The first-order valence-corrected chi connectivity index (χ1v) is 5.12. The van der Waals surface area contributed by atoms with E-state index in [0.29, 0.717) is 5.69 Å². The molecule has 0 aromatic heterocycles. The summed E-state index contributed by atoms with van der Waals surface area (Å²) in [6, 6.07) is 6.80. The van der Waals surface area contributed by atoms with Gasteiger partial charge in [0.1, 0.15) is 5.69 Å². The number of para-hydroxylation sites is 2. The van der Waals surface area contributed by atoms with E-state index < -0.39 is 0 Å². The molecule has 1 aliphatic rings. The normalized spacial score (nSPS) is 17.9. The van der Waals surface area contributed by atoms with Crippen LogP contribution in [0.5, 0.6) is 0 Å². The predicted octanol–water partition coefficient (Wildman–Crippen LogP) is 2.95. The Morgan fingerprint density at radius 1 is 1.40 bits per heavy atom. The summed E-state index contributed by atoms with van der Waals surface area (Å²) in [5.74, 6) is 0. The number of benzene rings is 1. The molecular formula is C11H14N2O2. The van der Waals surface area contributed by atoms with Crippen molar-refractivity contribution in [3.05, 3.63) is 34.4 Å². The van der Waals surface area contributed by atoms with E-state index in [0.717, 1.165) is 12.8 Å². The van der Waals surface area contributed by atoms with Crippen LogP contribution in [-0.4, -0.2) is 10.5 Å². The fourth-order valence-electron chi connectivity index (χ4n) is 1.90. The first-order valence-electron chi connectivity index (χ1n) is 5.12. The number of nitro benzene ring substituents is 1. The van der Waals surface area contributed by atoms with E-state index in [1.165, 1.54) is 12.5 Å². The molecule has 0 radical (unpaired) electrons. The molecule has 1 aliphatic carbocycles. The number of rotatable bonds is 3. The van der Waals surface area contributed by atoms with Crippen molar-refractivity contribution in [3.63, 3.8) is 0 Å². The van der Waals surface area contributed by atoms with Gasteiger partial charge in [0.15, 0.2) is 0 Å². The zero-order chi connectivity index (χ0) is 10.9. The molecule has 1 saturated carbocycles. The molecule has 0 spiro atoms. The molecule has 0 unspecified atom stereocenters. The standard InChI is InChI=1S/C11H14N2O2/c1-11(7-4-8-11)12-9-5-2-3-6-10(9)13(14)15/h2-3,5-6,12H,4,7-8H2,1H3. The summed E-state index contributed by atoms with van der Waals surface area (Å²) in [7, 11) is 0. The van der Waals surface area contributed by atoms with Crippen molar-refractivity contribution >= 4 is 11.4 Å². The highest BCUT2D eigenvalue weighted by Crippen LogP contribution is 2.37. The maximum Gasteiger partial charge on any atom is 0.292 e. The number of hydrogen-bond donors (Lipinski definition) is 1. The Morgan fingerprint density at radius 2 is 2.07 bits per heavy atom. The van der Waals surface area contributed by atoms with Crippen molar-refractivity contribution < 1.29 is 4.92 Å². The second-order valence-electron chi connectivity index (χ2n) is 4.31. The molecule has 0 saturated heterocycles. The summed E-state index contributed by atoms with van der Waals surface area (Å²) in [4.78, 5) is 10.4. The fourth-order valence-corrected chi connectivity index (χ4v) is 1.90. The van der Waals surface area contributed by atoms with E-state index in [-0.39, 0.29) is 16.1 Å². The van der Waals surface area contributed by atoms with Gasteiger partial charge in [-0.2, -0.15) is 0 Å². The van der Waals surface area contributed by atoms with Crippen LogP contribution in [0.1, 0.15) is 26.2 Å². The van der Waals surface area contributed by atoms with Crippen molar-refractivity contribution in [3.8, 4) is 0 Å². The highest BCUT2D eigenvalue weighted by molar-refractivity contribution is 5.62. The molecule has 0 aliphatic heterocycles. The summed E-state index contributed by atoms with van der Waals surface area (Å²) >= 11 is 0. The molecule has 0 bridgehead atoms. The third-order valence-corrected chi connectivity index (χ3v) is 2.99. The van der Waals surface area contributed by atoms with Crippen LogP contribution in [0.15, 0.2) is 24.3 Å². The summed E-state index contributed by atoms with van der Waals surface area (Å²) in [5.41, 5.74) is 0.835. The number of hydrogen-bond acceptors (Lipinski definition) is 3. The zero-order valence-corrected chi connectivity index (χ0v) is 8.69. The third kappa shape index (κ3) is 1.93. The maximum absolute atomic E-state index is 10.8. The quantitative estimate of drug-likeness (QED) is 0.611. The van der Waals surface area contributed by atoms with E-state index in [2.05, 4.69) is 12.2 Å². The van der Waals surface area contributed by atoms with Gasteiger partial charge in [0.2, 0.25) is 0 Å². The molecule has 0 atom stereocenters. The van der Waals surface area contributed by atoms with Crippen molar-refractivity contribution in [2.24, 2.45) is 0 Å². The Balaban J connectivity index is 2.23. The summed E-state index contributed by atoms with van der Waals surface area (Å²) in [5, 5.41) is 14.0. The van der Waals surface area contributed by atoms with Crippen LogP contribution in [0, 0.1) is 10.1 Å². The second-order valence-corrected chi connectivity index (χ2v) is 4.31. The zero-order valence-electron chi connectivity index (χ0n) is 8.69. The fraction of sp³-hybridized carbons (Fsp3) is 0.455. The SMILES string of the molecule is CC1(Nc2ccccc2[N+](=O)[O-])CCC1. The van der Waals surface area contributed by atoms with Crippen LogP contribution in [0.4, 0.5) is 11.4 Å². The molecule has 0 amide bonds. The van der Waals surface area contributed by atoms with E-state index in [9.17, 15) is 10.1 Å². The Labute approximate surface area is 88.5 Å². The minimum Gasteiger partial charge on any atom is -0.374 e. The number of nitrogens with zero attached hydrogens (tertiary/aromatic N) is 1. The van der Waals surface area contributed by atoms with Crippen molar-refractivity contribution in [1.82, 2.24) is 0 Å². The number of nitro groups is 1. The minimum atomic E-state index is -0.343. The van der Waals surface area contributed by atoms with Gasteiger partial charge in [-0.25, -0.2) is 0 Å². The average Bonchev–Trinajstić information content (AvgIpc) is 2.16. The lowest BCUT2D eigenvalue weighted by Crippen LogP contribution is -2.41. The van der Waals surface area contributed by atoms with Crippen molar-refractivity contribution in [2.75, 3.05) is 5.32 Å². The molecule has 2 rings (SSSR count). The molecule has 4 nitrogen and oxygen atoms in total. The van der Waals surface area contributed by atoms with Gasteiger partial charge < -0.3 is 5.32 Å². The number of nitrogens with one attached hydrogen (secondary N) is 1. The van der Waals surface area contributed by atoms with Crippen LogP contribution in [0.25, 0.3) is 0 Å². The number of anilines is 1. The summed E-state index contributed by atoms with van der Waals surface area (Å²) in [6.45, 7) is 2.10. The Kier molecular flexibility index (Phi) is 2.34. The lowest BCUT2D eigenvalue weighted by Gasteiger charge is -2.39. The molecule has 1 fully saturated rings. The first kappa shape index (κ1) is 9.96. The molecule has 1 aromatic carbocycles. The van der Waals surface area contributed by atoms with Gasteiger partial charge in [-0.15, -0.1) is 0 Å². The maximum atomic E-state index is 10.8. The molecule has 4 heteroatoms. The highest BCUT2D eigenvalue weighted by Gasteiger charge is 2.32. The molecule has 1 aromatic rings. The summed E-state index contributed by atoms with van der Waals surface area (Å²) < 4.78 is 0. The van der Waals surface area contributed by atoms with Gasteiger partial charge in [-0.3, -0.25) is 10.1 Å². The van der Waals surface area contributed by atoms with E-state index in [1.54, 1.807) is 12.1 Å². The lowest BCUT2D eigenvalue weighted by molar-refractivity contribution is -0.384. The minimum absolute atomic E-state index is 0.0477. The second kappa shape index (κ2) is 3.53. The van der Waals surface area contributed by atoms with Crippen LogP contribution in [0.2, 0.25) is 0 Å². The van der Waals surface area contributed by atoms with Crippen LogP contribution in [0.3, 0.4) is 0 Å². The van der Waals surface area contributed by atoms with Gasteiger partial charge in [0.25, 0.3) is 5.69 Å². The van der Waals surface area contributed by atoms with Gasteiger partial charge >= 0.3 is 0 Å². The Bertz CT molecular complexity index is 386. The van der Waals surface area contributed by atoms with Crippen molar-refractivity contribution in [2.45, 2.75) is 31.7 Å². The van der Waals surface area contributed by atoms with Gasteiger partial charge in [-0.1, -0.05) is 12.1 Å². The van der Waals surface area contributed by atoms with Crippen LogP contribution >= 0.6 is 0 Å². The molecular weight excluding hydrogens is 192 g/mol. The third-order valence-electron chi connectivity index (χ3n) is 2.99. The smallest absolute Gasteiger partial charge is 0.292 e. The molecule has 80 valence electrons. The largest absolute Gasteiger partial charge is 0.374 e. The first-order chi connectivity index (χ1) is 7.11. The molecule has 1 N–H and O–H groups in total. The van der Waals surface area contributed by atoms with Gasteiger partial charge in [0.05, 0.1) is 4.92 Å². The van der Waals surface area contributed by atoms with Crippen LogP contribution < -0.4 is 5.32 Å². The highest BCUT2D eigenvalue weighted by atomic mass is 16.6. The van der Waals surface area contributed by atoms with Crippen LogP contribution in [-0.2, 0) is 0 Å². The predicted molar refractivity (Wildman–Crippen MR) is 59.0 cm³/mol. The van der Waals surface area contributed by atoms with E-state index >= 15 is 0 Å². The molecule has 0 heterocycles. The van der Waals surface area contributed by atoms with E-state index in [4.69, 9.17) is 0 Å². The average molecular weight is 206 g/mol. The topological polar surface area (TPSA) is 55.2 Å². The van der Waals surface area contributed by atoms with E-state index in [1.807, 2.05) is 6.07 Å². The Morgan fingerprint density at radius 3 is 2.60 bits per heavy atom.